The van der Waals surface area contributed by atoms with Gasteiger partial charge < -0.3 is 41.9 Å². The maximum Gasteiger partial charge on any atom is 0.329 e. The van der Waals surface area contributed by atoms with Gasteiger partial charge in [0.15, 0.2) is 0 Å². The third-order valence-electron chi connectivity index (χ3n) is 10.4. The maximum atomic E-state index is 14.3. The Morgan fingerprint density at radius 1 is 0.875 bits per heavy atom. The number of rotatable bonds is 10. The number of fused-ring (bicyclic) bond motifs is 1. The van der Waals surface area contributed by atoms with E-state index in [9.17, 15) is 48.2 Å². The first kappa shape index (κ1) is 41.8. The first-order valence-corrected chi connectivity index (χ1v) is 20.4. The molecule has 1 aliphatic carbocycles. The van der Waals surface area contributed by atoms with E-state index in [1.54, 1.807) is 24.3 Å². The minimum absolute atomic E-state index is 0.0362. The number of carbonyl (C=O) groups is 6. The van der Waals surface area contributed by atoms with Crippen LogP contribution in [0.25, 0.3) is 10.8 Å². The van der Waals surface area contributed by atoms with E-state index in [0.717, 1.165) is 22.8 Å². The van der Waals surface area contributed by atoms with Crippen LogP contribution in [0.4, 0.5) is 0 Å². The zero-order valence-electron chi connectivity index (χ0n) is 30.8. The Bertz CT molecular complexity index is 2020. The molecule has 0 bridgehead atoms. The van der Waals surface area contributed by atoms with Crippen molar-refractivity contribution in [1.82, 2.24) is 21.3 Å². The summed E-state index contributed by atoms with van der Waals surface area (Å²) in [5.41, 5.74) is 5.60. The molecule has 1 aliphatic heterocycles. The molecular weight excluding hydrogens is 741 g/mol. The van der Waals surface area contributed by atoms with Crippen LogP contribution >= 0.6 is 7.60 Å². The number of carboxylic acids is 1. The van der Waals surface area contributed by atoms with Crippen molar-refractivity contribution < 1.29 is 48.2 Å². The smallest absolute Gasteiger partial charge is 0.329 e. The van der Waals surface area contributed by atoms with Crippen LogP contribution in [0.3, 0.4) is 0 Å². The minimum atomic E-state index is -4.39. The molecule has 298 valence electrons. The van der Waals surface area contributed by atoms with E-state index in [4.69, 9.17) is 5.73 Å². The largest absolute Gasteiger partial charge is 0.481 e. The molecule has 1 heterocycles. The van der Waals surface area contributed by atoms with Crippen LogP contribution in [0, 0.1) is 5.92 Å². The van der Waals surface area contributed by atoms with Gasteiger partial charge in [0.2, 0.25) is 29.5 Å². The molecule has 5 amide bonds. The molecule has 3 aromatic rings. The predicted octanol–water partition coefficient (Wildman–Crippen LogP) is 3.02. The van der Waals surface area contributed by atoms with Crippen LogP contribution in [0.2, 0.25) is 0 Å². The highest BCUT2D eigenvalue weighted by Crippen LogP contribution is 2.40. The molecule has 0 unspecified atom stereocenters. The van der Waals surface area contributed by atoms with Crippen LogP contribution in [0.5, 0.6) is 0 Å². The third-order valence-corrected chi connectivity index (χ3v) is 11.2. The average Bonchev–Trinajstić information content (AvgIpc) is 3.15. The van der Waals surface area contributed by atoms with Gasteiger partial charge in [0.05, 0.1) is 24.9 Å². The van der Waals surface area contributed by atoms with E-state index in [1.165, 1.54) is 12.1 Å². The fourth-order valence-electron chi connectivity index (χ4n) is 7.53. The van der Waals surface area contributed by atoms with Crippen LogP contribution in [0.1, 0.15) is 80.4 Å². The second-order valence-electron chi connectivity index (χ2n) is 14.5. The molecule has 1 saturated carbocycles. The zero-order valence-corrected chi connectivity index (χ0v) is 31.7. The summed E-state index contributed by atoms with van der Waals surface area (Å²) in [6, 6.07) is 16.9. The number of allylic oxidation sites excluding steroid dienone is 2. The highest BCUT2D eigenvalue weighted by Gasteiger charge is 2.45. The number of benzene rings is 3. The lowest BCUT2D eigenvalue weighted by Gasteiger charge is -2.39. The molecule has 4 atom stereocenters. The second-order valence-corrected chi connectivity index (χ2v) is 16.2. The van der Waals surface area contributed by atoms with Crippen molar-refractivity contribution >= 4 is 53.9 Å². The van der Waals surface area contributed by atoms with Gasteiger partial charge in [-0.15, -0.1) is 0 Å². The fraction of sp³-hybridized carbons (Fsp3) is 0.400. The first-order chi connectivity index (χ1) is 26.6. The highest BCUT2D eigenvalue weighted by molar-refractivity contribution is 7.50. The molecule has 15 nitrogen and oxygen atoms in total. The lowest BCUT2D eigenvalue weighted by Crippen LogP contribution is -2.64. The van der Waals surface area contributed by atoms with Crippen LogP contribution in [-0.2, 0) is 46.0 Å². The molecule has 16 heteroatoms. The summed E-state index contributed by atoms with van der Waals surface area (Å²) in [4.78, 5) is 99.6. The van der Waals surface area contributed by atoms with Crippen molar-refractivity contribution in [2.75, 3.05) is 0 Å². The second kappa shape index (κ2) is 18.5. The molecule has 5 rings (SSSR count). The minimum Gasteiger partial charge on any atom is -0.481 e. The summed E-state index contributed by atoms with van der Waals surface area (Å²) < 4.78 is 11.7. The number of hydrogen-bond acceptors (Lipinski definition) is 7. The molecular formula is C40H48N5O10P. The number of primary amides is 1. The molecule has 1 spiro atoms. The van der Waals surface area contributed by atoms with Crippen LogP contribution in [-0.4, -0.2) is 68.0 Å². The van der Waals surface area contributed by atoms with Gasteiger partial charge in [-0.2, -0.15) is 0 Å². The van der Waals surface area contributed by atoms with Gasteiger partial charge in [-0.3, -0.25) is 33.3 Å². The molecule has 0 radical (unpaired) electrons. The van der Waals surface area contributed by atoms with Crippen LogP contribution in [0.15, 0.2) is 78.9 Å². The molecule has 0 saturated heterocycles. The van der Waals surface area contributed by atoms with Crippen molar-refractivity contribution in [3.8, 4) is 0 Å². The van der Waals surface area contributed by atoms with Gasteiger partial charge in [-0.1, -0.05) is 98.1 Å². The Labute approximate surface area is 324 Å². The summed E-state index contributed by atoms with van der Waals surface area (Å²) in [6.07, 6.45) is 3.95. The zero-order chi connectivity index (χ0) is 40.5. The molecule has 1 fully saturated rings. The molecule has 2 aliphatic rings. The van der Waals surface area contributed by atoms with E-state index in [-0.39, 0.29) is 32.2 Å². The third kappa shape index (κ3) is 11.1. The summed E-state index contributed by atoms with van der Waals surface area (Å²) in [7, 11) is -4.39. The Morgan fingerprint density at radius 3 is 2.25 bits per heavy atom. The quantitative estimate of drug-likeness (QED) is 0.110. The SMILES string of the molecule is NC(=O)C[C@@H]1NC(=O)C2(CCCCC2)NC(=O)[C@@H](CC(=O)O)[C@@H](c2ccc(CP(=O)(O)O)cc2)/C=C/CC[C@@H](C(=O)NCc2cccc3ccccc23)NC1=O. The molecule has 3 aromatic carbocycles. The maximum absolute atomic E-state index is 14.3. The van der Waals surface area contributed by atoms with Crippen molar-refractivity contribution in [1.29, 1.82) is 0 Å². The van der Waals surface area contributed by atoms with Crippen molar-refractivity contribution in [3.63, 3.8) is 0 Å². The lowest BCUT2D eigenvalue weighted by molar-refractivity contribution is -0.143. The summed E-state index contributed by atoms with van der Waals surface area (Å²) in [6.45, 7) is 0.136. The van der Waals surface area contributed by atoms with E-state index >= 15 is 0 Å². The number of carbonyl (C=O) groups excluding carboxylic acids is 5. The number of carboxylic acid groups (broad SMARTS) is 1. The van der Waals surface area contributed by atoms with Crippen LogP contribution < -0.4 is 27.0 Å². The summed E-state index contributed by atoms with van der Waals surface area (Å²) >= 11 is 0. The number of nitrogens with two attached hydrogens (primary N) is 1. The summed E-state index contributed by atoms with van der Waals surface area (Å²) in [5.74, 6) is -7.14. The van der Waals surface area contributed by atoms with E-state index in [0.29, 0.717) is 24.0 Å². The number of nitrogens with one attached hydrogen (secondary N) is 4. The Balaban J connectivity index is 1.53. The van der Waals surface area contributed by atoms with Gasteiger partial charge in [-0.25, -0.2) is 0 Å². The predicted molar refractivity (Wildman–Crippen MR) is 206 cm³/mol. The first-order valence-electron chi connectivity index (χ1n) is 18.6. The Morgan fingerprint density at radius 2 is 1.57 bits per heavy atom. The standard InChI is InChI=1S/C40H48N5O10P/c41-34(46)22-33-38(51)43-32(37(50)42-23-28-11-8-10-26-9-2-3-12-29(26)28)14-5-4-13-30(27-17-15-25(16-18-27)24-56(53,54)55)31(21-35(47)48)36(49)45-40(39(52)44-33)19-6-1-7-20-40/h2-4,8-13,15-18,30-33H,1,5-7,14,19-24H2,(H2,41,46)(H,42,50)(H,43,51)(H,44,52)(H,45,49)(H,47,48)(H2,53,54,55)/b13-4+/t30-,31+,32+,33+/m1/s1. The number of aliphatic carboxylic acids is 1. The monoisotopic (exact) mass is 789 g/mol. The van der Waals surface area contributed by atoms with Gasteiger partial charge >= 0.3 is 13.6 Å². The summed E-state index contributed by atoms with van der Waals surface area (Å²) in [5, 5.41) is 23.0. The fourth-order valence-corrected chi connectivity index (χ4v) is 8.22. The van der Waals surface area contributed by atoms with Crippen molar-refractivity contribution in [2.24, 2.45) is 11.7 Å². The van der Waals surface area contributed by atoms with Crippen molar-refractivity contribution in [2.45, 2.75) is 94.0 Å². The van der Waals surface area contributed by atoms with Gasteiger partial charge in [0, 0.05) is 12.5 Å². The topological polar surface area (TPSA) is 254 Å². The Kier molecular flexibility index (Phi) is 13.8. The van der Waals surface area contributed by atoms with Gasteiger partial charge in [-0.05, 0) is 53.1 Å². The van der Waals surface area contributed by atoms with Crippen molar-refractivity contribution in [3.05, 3.63) is 95.6 Å². The van der Waals surface area contributed by atoms with E-state index in [2.05, 4.69) is 21.3 Å². The number of amides is 5. The van der Waals surface area contributed by atoms with Gasteiger partial charge in [0.25, 0.3) is 0 Å². The Hall–Kier alpha value is -5.37. The number of hydrogen-bond donors (Lipinski definition) is 8. The average molecular weight is 790 g/mol. The molecule has 0 aromatic heterocycles. The normalized spacial score (nSPS) is 22.8. The molecule has 9 N–H and O–H groups in total. The molecule has 56 heavy (non-hydrogen) atoms. The van der Waals surface area contributed by atoms with E-state index in [1.807, 2.05) is 42.5 Å². The lowest BCUT2D eigenvalue weighted by atomic mass is 9.78. The van der Waals surface area contributed by atoms with Gasteiger partial charge in [0.1, 0.15) is 17.6 Å². The van der Waals surface area contributed by atoms with E-state index < -0.39 is 91.6 Å². The highest BCUT2D eigenvalue weighted by atomic mass is 31.2.